The molecule has 0 radical (unpaired) electrons. The maximum absolute atomic E-state index is 11.7. The van der Waals surface area contributed by atoms with Gasteiger partial charge < -0.3 is 15.4 Å². The molecule has 170 valence electrons. The number of fused-ring (bicyclic) bond motifs is 1. The van der Waals surface area contributed by atoms with Crippen LogP contribution in [0.5, 0.6) is 0 Å². The van der Waals surface area contributed by atoms with Gasteiger partial charge in [0, 0.05) is 25.6 Å². The molecule has 3 aromatic rings. The molecule has 0 atom stereocenters. The highest BCUT2D eigenvalue weighted by molar-refractivity contribution is 5.90. The standard InChI is InChI=1S/C24H32N6O2/c1-5-21(31)25-17-8-10-18(11-9-17)26-23-22-16(3)29-30(19-12-6-15(2)7-13-19)24(22)28-20(27-23)14-32-4/h6-7,12-13,17-18H,5,8-11,14H2,1-4H3,(H,25,31)(H,26,27,28). The SMILES string of the molecule is CCC(=O)NC1CCC(Nc2nc(COC)nc3c2c(C)nn3-c2ccc(C)cc2)CC1. The summed E-state index contributed by atoms with van der Waals surface area (Å²) in [5, 5.41) is 12.5. The first kappa shape index (κ1) is 22.2. The Morgan fingerprint density at radius 1 is 1.09 bits per heavy atom. The summed E-state index contributed by atoms with van der Waals surface area (Å²) in [6, 6.07) is 8.81. The zero-order chi connectivity index (χ0) is 22.7. The summed E-state index contributed by atoms with van der Waals surface area (Å²) in [6.45, 7) is 6.28. The van der Waals surface area contributed by atoms with Crippen LogP contribution in [0.1, 0.15) is 56.1 Å². The molecular weight excluding hydrogens is 404 g/mol. The van der Waals surface area contributed by atoms with Gasteiger partial charge >= 0.3 is 0 Å². The maximum atomic E-state index is 11.7. The minimum atomic E-state index is 0.127. The summed E-state index contributed by atoms with van der Waals surface area (Å²) in [7, 11) is 1.65. The molecule has 4 rings (SSSR count). The maximum Gasteiger partial charge on any atom is 0.219 e. The van der Waals surface area contributed by atoms with Crippen molar-refractivity contribution in [1.29, 1.82) is 0 Å². The molecule has 2 heterocycles. The molecule has 0 spiro atoms. The highest BCUT2D eigenvalue weighted by atomic mass is 16.5. The van der Waals surface area contributed by atoms with Crippen molar-refractivity contribution in [2.45, 2.75) is 71.6 Å². The van der Waals surface area contributed by atoms with Gasteiger partial charge in [0.25, 0.3) is 0 Å². The molecule has 8 heteroatoms. The highest BCUT2D eigenvalue weighted by Crippen LogP contribution is 2.29. The molecule has 8 nitrogen and oxygen atoms in total. The Labute approximate surface area is 188 Å². The summed E-state index contributed by atoms with van der Waals surface area (Å²) in [5.74, 6) is 1.56. The van der Waals surface area contributed by atoms with Gasteiger partial charge in [0.15, 0.2) is 11.5 Å². The fraction of sp³-hybridized carbons (Fsp3) is 0.500. The average molecular weight is 437 g/mol. The molecular formula is C24H32N6O2. The van der Waals surface area contributed by atoms with E-state index in [2.05, 4.69) is 41.8 Å². The number of hydrogen-bond donors (Lipinski definition) is 2. The van der Waals surface area contributed by atoms with E-state index < -0.39 is 0 Å². The Kier molecular flexibility index (Phi) is 6.69. The third-order valence-corrected chi connectivity index (χ3v) is 6.05. The Balaban J connectivity index is 1.63. The van der Waals surface area contributed by atoms with E-state index in [-0.39, 0.29) is 11.9 Å². The van der Waals surface area contributed by atoms with Crippen LogP contribution in [0.3, 0.4) is 0 Å². The number of nitrogens with zero attached hydrogens (tertiary/aromatic N) is 4. The van der Waals surface area contributed by atoms with Crippen LogP contribution in [0.15, 0.2) is 24.3 Å². The molecule has 1 fully saturated rings. The number of carbonyl (C=O) groups excluding carboxylic acids is 1. The molecule has 1 aliphatic rings. The van der Waals surface area contributed by atoms with Crippen molar-refractivity contribution < 1.29 is 9.53 Å². The molecule has 2 N–H and O–H groups in total. The first-order valence-corrected chi connectivity index (χ1v) is 11.4. The lowest BCUT2D eigenvalue weighted by molar-refractivity contribution is -0.121. The van der Waals surface area contributed by atoms with Gasteiger partial charge in [-0.3, -0.25) is 4.79 Å². The Bertz CT molecular complexity index is 1080. The van der Waals surface area contributed by atoms with Gasteiger partial charge in [-0.05, 0) is 51.7 Å². The van der Waals surface area contributed by atoms with E-state index in [0.717, 1.165) is 53.9 Å². The molecule has 0 unspecified atom stereocenters. The lowest BCUT2D eigenvalue weighted by atomic mass is 9.91. The Morgan fingerprint density at radius 3 is 2.44 bits per heavy atom. The van der Waals surface area contributed by atoms with Crippen molar-refractivity contribution >= 4 is 22.8 Å². The normalized spacial score (nSPS) is 18.6. The average Bonchev–Trinajstić information content (AvgIpc) is 3.12. The second-order valence-electron chi connectivity index (χ2n) is 8.57. The van der Waals surface area contributed by atoms with Crippen LogP contribution in [0.25, 0.3) is 16.7 Å². The van der Waals surface area contributed by atoms with Crippen molar-refractivity contribution in [3.63, 3.8) is 0 Å². The Hall–Kier alpha value is -3.00. The molecule has 0 aliphatic heterocycles. The minimum absolute atomic E-state index is 0.127. The van der Waals surface area contributed by atoms with Crippen molar-refractivity contribution in [3.8, 4) is 5.69 Å². The zero-order valence-corrected chi connectivity index (χ0v) is 19.3. The summed E-state index contributed by atoms with van der Waals surface area (Å²) in [5.41, 5.74) is 3.83. The van der Waals surface area contributed by atoms with Crippen molar-refractivity contribution in [2.24, 2.45) is 0 Å². The van der Waals surface area contributed by atoms with Crippen LogP contribution in [0.4, 0.5) is 5.82 Å². The molecule has 32 heavy (non-hydrogen) atoms. The highest BCUT2D eigenvalue weighted by Gasteiger charge is 2.24. The number of rotatable bonds is 7. The first-order valence-electron chi connectivity index (χ1n) is 11.4. The van der Waals surface area contributed by atoms with Gasteiger partial charge in [0.05, 0.1) is 16.8 Å². The summed E-state index contributed by atoms with van der Waals surface area (Å²) < 4.78 is 7.21. The first-order chi connectivity index (χ1) is 15.5. The van der Waals surface area contributed by atoms with Gasteiger partial charge in [-0.2, -0.15) is 5.10 Å². The van der Waals surface area contributed by atoms with Gasteiger partial charge in [-0.1, -0.05) is 24.6 Å². The number of ether oxygens (including phenoxy) is 1. The molecule has 2 aromatic heterocycles. The molecule has 0 saturated heterocycles. The number of amides is 1. The summed E-state index contributed by atoms with van der Waals surface area (Å²) in [4.78, 5) is 21.3. The third-order valence-electron chi connectivity index (χ3n) is 6.05. The van der Waals surface area contributed by atoms with E-state index in [0.29, 0.717) is 24.9 Å². The van der Waals surface area contributed by atoms with Crippen LogP contribution in [0, 0.1) is 13.8 Å². The van der Waals surface area contributed by atoms with Crippen LogP contribution >= 0.6 is 0 Å². The van der Waals surface area contributed by atoms with Crippen molar-refractivity contribution in [1.82, 2.24) is 25.1 Å². The van der Waals surface area contributed by atoms with Crippen LogP contribution in [-0.4, -0.2) is 44.8 Å². The van der Waals surface area contributed by atoms with Crippen LogP contribution < -0.4 is 10.6 Å². The molecule has 1 saturated carbocycles. The summed E-state index contributed by atoms with van der Waals surface area (Å²) >= 11 is 0. The number of nitrogens with one attached hydrogen (secondary N) is 2. The van der Waals surface area contributed by atoms with Crippen molar-refractivity contribution in [3.05, 3.63) is 41.3 Å². The number of anilines is 1. The van der Waals surface area contributed by atoms with E-state index in [1.54, 1.807) is 7.11 Å². The van der Waals surface area contributed by atoms with E-state index in [1.807, 2.05) is 18.5 Å². The number of carbonyl (C=O) groups is 1. The molecule has 1 amide bonds. The topological polar surface area (TPSA) is 94.0 Å². The molecule has 1 aliphatic carbocycles. The fourth-order valence-corrected chi connectivity index (χ4v) is 4.30. The van der Waals surface area contributed by atoms with Gasteiger partial charge in [0.2, 0.25) is 5.91 Å². The second-order valence-corrected chi connectivity index (χ2v) is 8.57. The quantitative estimate of drug-likeness (QED) is 0.585. The lowest BCUT2D eigenvalue weighted by Gasteiger charge is -2.30. The second kappa shape index (κ2) is 9.65. The number of aryl methyl sites for hydroxylation is 2. The number of benzene rings is 1. The number of aromatic nitrogens is 4. The monoisotopic (exact) mass is 436 g/mol. The van der Waals surface area contributed by atoms with E-state index in [4.69, 9.17) is 19.8 Å². The van der Waals surface area contributed by atoms with Gasteiger partial charge in [0.1, 0.15) is 12.4 Å². The summed E-state index contributed by atoms with van der Waals surface area (Å²) in [6.07, 6.45) is 4.41. The van der Waals surface area contributed by atoms with Gasteiger partial charge in [-0.15, -0.1) is 0 Å². The van der Waals surface area contributed by atoms with E-state index in [9.17, 15) is 4.79 Å². The minimum Gasteiger partial charge on any atom is -0.377 e. The van der Waals surface area contributed by atoms with Crippen LogP contribution in [-0.2, 0) is 16.1 Å². The van der Waals surface area contributed by atoms with Crippen molar-refractivity contribution in [2.75, 3.05) is 12.4 Å². The smallest absolute Gasteiger partial charge is 0.219 e. The van der Waals surface area contributed by atoms with E-state index >= 15 is 0 Å². The van der Waals surface area contributed by atoms with E-state index in [1.165, 1.54) is 5.56 Å². The lowest BCUT2D eigenvalue weighted by Crippen LogP contribution is -2.40. The fourth-order valence-electron chi connectivity index (χ4n) is 4.30. The Morgan fingerprint density at radius 2 is 1.78 bits per heavy atom. The number of methoxy groups -OCH3 is 1. The number of hydrogen-bond acceptors (Lipinski definition) is 6. The largest absolute Gasteiger partial charge is 0.377 e. The predicted octanol–water partition coefficient (Wildman–Crippen LogP) is 3.83. The predicted molar refractivity (Wildman–Crippen MR) is 125 cm³/mol. The van der Waals surface area contributed by atoms with Gasteiger partial charge in [-0.25, -0.2) is 14.6 Å². The molecule has 0 bridgehead atoms. The third kappa shape index (κ3) is 4.75. The zero-order valence-electron chi connectivity index (χ0n) is 19.3. The van der Waals surface area contributed by atoms with Crippen LogP contribution in [0.2, 0.25) is 0 Å². The molecule has 1 aromatic carbocycles.